The Morgan fingerprint density at radius 1 is 1.31 bits per heavy atom. The fraction of sp³-hybridized carbons (Fsp3) is 0.389. The smallest absolute Gasteiger partial charge is 0.330 e. The Kier molecular flexibility index (Phi) is 5.97. The minimum absolute atomic E-state index is 0.0410. The van der Waals surface area contributed by atoms with Gasteiger partial charge in [-0.15, -0.1) is 11.3 Å². The van der Waals surface area contributed by atoms with Crippen LogP contribution < -0.4 is 27.4 Å². The lowest BCUT2D eigenvalue weighted by molar-refractivity contribution is -0.118. The number of carbonyl (C=O) groups is 1. The summed E-state index contributed by atoms with van der Waals surface area (Å²) in [5.41, 5.74) is 4.40. The van der Waals surface area contributed by atoms with Gasteiger partial charge in [0.25, 0.3) is 11.1 Å². The van der Waals surface area contributed by atoms with Crippen LogP contribution in [0.1, 0.15) is 26.2 Å². The number of anilines is 2. The van der Waals surface area contributed by atoms with E-state index in [4.69, 9.17) is 5.73 Å². The molecule has 0 atom stereocenters. The van der Waals surface area contributed by atoms with Gasteiger partial charge < -0.3 is 10.6 Å². The number of thiophene rings is 1. The summed E-state index contributed by atoms with van der Waals surface area (Å²) in [6.07, 6.45) is 2.90. The second kappa shape index (κ2) is 8.43. The second-order valence-electron chi connectivity index (χ2n) is 6.58. The Morgan fingerprint density at radius 3 is 2.79 bits per heavy atom. The van der Waals surface area contributed by atoms with Gasteiger partial charge >= 0.3 is 5.69 Å². The number of aromatic nitrogens is 4. The zero-order chi connectivity index (χ0) is 21.1. The molecular formula is C18H22N6O4S. The molecule has 0 saturated carbocycles. The molecule has 0 unspecified atom stereocenters. The minimum atomic E-state index is -0.727. The molecule has 10 nitrogen and oxygen atoms in total. The van der Waals surface area contributed by atoms with Crippen LogP contribution in [0.15, 0.2) is 32.2 Å². The van der Waals surface area contributed by atoms with Gasteiger partial charge in [-0.1, -0.05) is 13.3 Å². The van der Waals surface area contributed by atoms with Crippen molar-refractivity contribution in [3.8, 4) is 0 Å². The van der Waals surface area contributed by atoms with Crippen molar-refractivity contribution in [2.24, 2.45) is 0 Å². The number of unbranched alkanes of at least 4 members (excludes halogenated alkanes) is 1. The van der Waals surface area contributed by atoms with Gasteiger partial charge in [0.2, 0.25) is 5.91 Å². The molecule has 11 heteroatoms. The molecular weight excluding hydrogens is 396 g/mol. The highest BCUT2D eigenvalue weighted by Gasteiger charge is 2.21. The fourth-order valence-electron chi connectivity index (χ4n) is 3.00. The number of carbonyl (C=O) groups excluding carboxylic acids is 1. The van der Waals surface area contributed by atoms with E-state index in [-0.39, 0.29) is 30.0 Å². The second-order valence-corrected chi connectivity index (χ2v) is 7.48. The monoisotopic (exact) mass is 418 g/mol. The van der Waals surface area contributed by atoms with E-state index in [9.17, 15) is 19.2 Å². The first-order valence-electron chi connectivity index (χ1n) is 9.17. The predicted molar refractivity (Wildman–Crippen MR) is 113 cm³/mol. The first-order valence-corrected chi connectivity index (χ1v) is 10.0. The topological polar surface area (TPSA) is 136 Å². The van der Waals surface area contributed by atoms with Crippen molar-refractivity contribution in [3.05, 3.63) is 49.0 Å². The van der Waals surface area contributed by atoms with Crippen LogP contribution >= 0.6 is 11.3 Å². The van der Waals surface area contributed by atoms with Crippen molar-refractivity contribution in [1.82, 2.24) is 19.1 Å². The molecule has 3 aromatic rings. The zero-order valence-electron chi connectivity index (χ0n) is 16.2. The van der Waals surface area contributed by atoms with Gasteiger partial charge in [0.05, 0.1) is 11.7 Å². The molecule has 1 amide bonds. The van der Waals surface area contributed by atoms with Gasteiger partial charge in [0, 0.05) is 26.6 Å². The highest BCUT2D eigenvalue weighted by molar-refractivity contribution is 7.16. The summed E-state index contributed by atoms with van der Waals surface area (Å²) in [4.78, 5) is 57.5. The van der Waals surface area contributed by atoms with Crippen LogP contribution in [-0.2, 0) is 17.9 Å². The molecule has 3 N–H and O–H groups in total. The summed E-state index contributed by atoms with van der Waals surface area (Å²) < 4.78 is 2.61. The number of hydrogen-bond acceptors (Lipinski definition) is 7. The Morgan fingerprint density at radius 2 is 2.07 bits per heavy atom. The van der Waals surface area contributed by atoms with E-state index in [0.29, 0.717) is 23.2 Å². The maximum Gasteiger partial charge on any atom is 0.330 e. The first-order chi connectivity index (χ1) is 13.8. The highest BCUT2D eigenvalue weighted by Crippen LogP contribution is 2.17. The standard InChI is InChI=1S/C18H22N6O4S/c1-3-4-7-24-14(19)13(15(26)21-18(24)28)22(2)12(25)5-8-23-10-20-16-11(17(23)27)6-9-29-16/h6,9-10H,3-5,7-8,19H2,1-2H3,(H,21,26,28). The molecule has 0 spiro atoms. The van der Waals surface area contributed by atoms with Gasteiger partial charge in [-0.2, -0.15) is 0 Å². The lowest BCUT2D eigenvalue weighted by Crippen LogP contribution is -2.39. The summed E-state index contributed by atoms with van der Waals surface area (Å²) in [5, 5.41) is 2.28. The third-order valence-electron chi connectivity index (χ3n) is 4.68. The van der Waals surface area contributed by atoms with Crippen molar-refractivity contribution in [2.45, 2.75) is 39.3 Å². The molecule has 3 heterocycles. The number of fused-ring (bicyclic) bond motifs is 1. The average molecular weight is 418 g/mol. The van der Waals surface area contributed by atoms with Gasteiger partial charge in [-0.05, 0) is 17.9 Å². The first kappa shape index (κ1) is 20.5. The van der Waals surface area contributed by atoms with Crippen molar-refractivity contribution >= 4 is 39.0 Å². The lowest BCUT2D eigenvalue weighted by Gasteiger charge is -2.20. The maximum atomic E-state index is 12.7. The third-order valence-corrected chi connectivity index (χ3v) is 5.50. The van der Waals surface area contributed by atoms with Crippen LogP contribution in [0.3, 0.4) is 0 Å². The number of aromatic amines is 1. The molecule has 0 radical (unpaired) electrons. The molecule has 0 aliphatic carbocycles. The summed E-state index contributed by atoms with van der Waals surface area (Å²) in [6.45, 7) is 2.41. The Labute approximate surface area is 169 Å². The summed E-state index contributed by atoms with van der Waals surface area (Å²) in [5.74, 6) is -0.471. The number of aryl methyl sites for hydroxylation is 1. The number of nitrogens with zero attached hydrogens (tertiary/aromatic N) is 4. The molecule has 0 aliphatic rings. The van der Waals surface area contributed by atoms with E-state index in [1.165, 1.54) is 33.8 Å². The number of H-pyrrole nitrogens is 1. The number of amides is 1. The van der Waals surface area contributed by atoms with E-state index >= 15 is 0 Å². The summed E-state index contributed by atoms with van der Waals surface area (Å²) >= 11 is 1.37. The van der Waals surface area contributed by atoms with Crippen LogP contribution in [0.25, 0.3) is 10.2 Å². The van der Waals surface area contributed by atoms with Crippen molar-refractivity contribution in [2.75, 3.05) is 17.7 Å². The van der Waals surface area contributed by atoms with Crippen molar-refractivity contribution < 1.29 is 4.79 Å². The van der Waals surface area contributed by atoms with Crippen LogP contribution in [0.5, 0.6) is 0 Å². The SMILES string of the molecule is CCCCn1c(N)c(N(C)C(=O)CCn2cnc3sccc3c2=O)c(=O)[nH]c1=O. The predicted octanol–water partition coefficient (Wildman–Crippen LogP) is 0.743. The Balaban J connectivity index is 1.82. The largest absolute Gasteiger partial charge is 0.383 e. The Hall–Kier alpha value is -3.21. The van der Waals surface area contributed by atoms with E-state index in [1.807, 2.05) is 6.92 Å². The quantitative estimate of drug-likeness (QED) is 0.581. The highest BCUT2D eigenvalue weighted by atomic mass is 32.1. The lowest BCUT2D eigenvalue weighted by atomic mass is 10.3. The molecule has 3 rings (SSSR count). The van der Waals surface area contributed by atoms with Crippen LogP contribution in [0, 0.1) is 0 Å². The van der Waals surface area contributed by atoms with E-state index in [2.05, 4.69) is 9.97 Å². The van der Waals surface area contributed by atoms with Crippen LogP contribution in [0.2, 0.25) is 0 Å². The van der Waals surface area contributed by atoms with Crippen LogP contribution in [-0.4, -0.2) is 32.1 Å². The number of nitrogens with one attached hydrogen (secondary N) is 1. The minimum Gasteiger partial charge on any atom is -0.383 e. The molecule has 0 bridgehead atoms. The van der Waals surface area contributed by atoms with Gasteiger partial charge in [-0.25, -0.2) is 9.78 Å². The van der Waals surface area contributed by atoms with Crippen molar-refractivity contribution in [1.29, 1.82) is 0 Å². The molecule has 0 aliphatic heterocycles. The molecule has 29 heavy (non-hydrogen) atoms. The van der Waals surface area contributed by atoms with Crippen molar-refractivity contribution in [3.63, 3.8) is 0 Å². The molecule has 0 aromatic carbocycles. The zero-order valence-corrected chi connectivity index (χ0v) is 17.0. The summed E-state index contributed by atoms with van der Waals surface area (Å²) in [6, 6.07) is 1.69. The fourth-order valence-corrected chi connectivity index (χ4v) is 3.72. The molecule has 0 fully saturated rings. The van der Waals surface area contributed by atoms with E-state index in [0.717, 1.165) is 11.3 Å². The third kappa shape index (κ3) is 3.99. The molecule has 0 saturated heterocycles. The molecule has 154 valence electrons. The number of hydrogen-bond donors (Lipinski definition) is 2. The normalized spacial score (nSPS) is 11.1. The van der Waals surface area contributed by atoms with Gasteiger partial charge in [0.1, 0.15) is 10.6 Å². The van der Waals surface area contributed by atoms with E-state index < -0.39 is 17.2 Å². The number of nitrogen functional groups attached to an aromatic ring is 1. The maximum absolute atomic E-state index is 12.7. The average Bonchev–Trinajstić information content (AvgIpc) is 3.16. The van der Waals surface area contributed by atoms with Crippen LogP contribution in [0.4, 0.5) is 11.5 Å². The Bertz CT molecular complexity index is 1220. The summed E-state index contributed by atoms with van der Waals surface area (Å²) in [7, 11) is 1.42. The van der Waals surface area contributed by atoms with Gasteiger partial charge in [-0.3, -0.25) is 28.5 Å². The number of nitrogens with two attached hydrogens (primary N) is 1. The van der Waals surface area contributed by atoms with Gasteiger partial charge in [0.15, 0.2) is 5.69 Å². The molecule has 3 aromatic heterocycles. The number of rotatable bonds is 7. The van der Waals surface area contributed by atoms with E-state index in [1.54, 1.807) is 11.4 Å².